The first-order chi connectivity index (χ1) is 10.8. The Morgan fingerprint density at radius 2 is 1.86 bits per heavy atom. The van der Waals surface area contributed by atoms with Crippen molar-refractivity contribution in [1.82, 2.24) is 4.98 Å². The van der Waals surface area contributed by atoms with Crippen molar-refractivity contribution in [2.24, 2.45) is 0 Å². The molecule has 4 nitrogen and oxygen atoms in total. The van der Waals surface area contributed by atoms with Crippen LogP contribution in [0, 0.1) is 0 Å². The first-order valence-corrected chi connectivity index (χ1v) is 8.83. The van der Waals surface area contributed by atoms with E-state index in [0.29, 0.717) is 11.7 Å². The second kappa shape index (κ2) is 7.51. The standard InChI is InChI=1S/C17H21N3OS/c21-16(12-20-10-6-1-2-7-11-20)19-17-18-15(13-22-17)14-8-4-3-5-9-14/h3-5,8-9,13H,1-2,6-7,10-12H2,(H,18,19,21)/p+1. The van der Waals surface area contributed by atoms with Crippen molar-refractivity contribution >= 4 is 22.4 Å². The summed E-state index contributed by atoms with van der Waals surface area (Å²) < 4.78 is 0. The fourth-order valence-electron chi connectivity index (χ4n) is 2.87. The van der Waals surface area contributed by atoms with E-state index in [1.807, 2.05) is 35.7 Å². The van der Waals surface area contributed by atoms with Crippen molar-refractivity contribution in [1.29, 1.82) is 0 Å². The average molecular weight is 316 g/mol. The second-order valence-electron chi connectivity index (χ2n) is 5.79. The van der Waals surface area contributed by atoms with E-state index >= 15 is 0 Å². The predicted molar refractivity (Wildman–Crippen MR) is 90.2 cm³/mol. The van der Waals surface area contributed by atoms with Crippen LogP contribution in [0.2, 0.25) is 0 Å². The molecule has 0 saturated carbocycles. The van der Waals surface area contributed by atoms with Gasteiger partial charge in [-0.25, -0.2) is 4.98 Å². The Labute approximate surface area is 135 Å². The monoisotopic (exact) mass is 316 g/mol. The summed E-state index contributed by atoms with van der Waals surface area (Å²) in [7, 11) is 0. The molecular weight excluding hydrogens is 294 g/mol. The molecule has 3 rings (SSSR count). The summed E-state index contributed by atoms with van der Waals surface area (Å²) in [4.78, 5) is 18.1. The maximum atomic E-state index is 12.2. The Bertz CT molecular complexity index is 603. The molecule has 1 saturated heterocycles. The normalized spacial score (nSPS) is 16.2. The van der Waals surface area contributed by atoms with Gasteiger partial charge in [-0.1, -0.05) is 30.3 Å². The van der Waals surface area contributed by atoms with E-state index in [1.54, 1.807) is 0 Å². The summed E-state index contributed by atoms with van der Waals surface area (Å²) in [6.45, 7) is 2.78. The summed E-state index contributed by atoms with van der Waals surface area (Å²) >= 11 is 1.49. The molecule has 116 valence electrons. The summed E-state index contributed by atoms with van der Waals surface area (Å²) in [5.74, 6) is 0.0749. The number of benzene rings is 1. The van der Waals surface area contributed by atoms with Crippen LogP contribution in [0.25, 0.3) is 11.3 Å². The van der Waals surface area contributed by atoms with Gasteiger partial charge < -0.3 is 4.90 Å². The van der Waals surface area contributed by atoms with Crippen molar-refractivity contribution in [2.45, 2.75) is 25.7 Å². The van der Waals surface area contributed by atoms with Gasteiger partial charge in [-0.15, -0.1) is 11.3 Å². The zero-order chi connectivity index (χ0) is 15.2. The van der Waals surface area contributed by atoms with Crippen molar-refractivity contribution in [3.05, 3.63) is 35.7 Å². The molecule has 2 N–H and O–H groups in total. The Morgan fingerprint density at radius 1 is 1.14 bits per heavy atom. The lowest BCUT2D eigenvalue weighted by Gasteiger charge is -2.15. The van der Waals surface area contributed by atoms with Crippen LogP contribution in [0.15, 0.2) is 35.7 Å². The van der Waals surface area contributed by atoms with Gasteiger partial charge in [-0.3, -0.25) is 10.1 Å². The third-order valence-electron chi connectivity index (χ3n) is 4.04. The highest BCUT2D eigenvalue weighted by atomic mass is 32.1. The number of quaternary nitrogens is 1. The predicted octanol–water partition coefficient (Wildman–Crippen LogP) is 2.21. The Balaban J connectivity index is 1.56. The third kappa shape index (κ3) is 4.15. The Morgan fingerprint density at radius 3 is 2.59 bits per heavy atom. The maximum absolute atomic E-state index is 12.2. The van der Waals surface area contributed by atoms with Crippen LogP contribution in [-0.4, -0.2) is 30.5 Å². The van der Waals surface area contributed by atoms with Crippen LogP contribution in [0.5, 0.6) is 0 Å². The number of rotatable bonds is 4. The van der Waals surface area contributed by atoms with E-state index in [4.69, 9.17) is 0 Å². The minimum Gasteiger partial charge on any atom is -0.327 e. The third-order valence-corrected chi connectivity index (χ3v) is 4.80. The molecule has 0 radical (unpaired) electrons. The van der Waals surface area contributed by atoms with Crippen LogP contribution < -0.4 is 10.2 Å². The van der Waals surface area contributed by atoms with E-state index in [0.717, 1.165) is 24.3 Å². The van der Waals surface area contributed by atoms with Gasteiger partial charge in [0.25, 0.3) is 5.91 Å². The molecular formula is C17H22N3OS+. The maximum Gasteiger partial charge on any atom is 0.281 e. The lowest BCUT2D eigenvalue weighted by molar-refractivity contribution is -0.890. The number of amides is 1. The first-order valence-electron chi connectivity index (χ1n) is 7.95. The molecule has 5 heteroatoms. The molecule has 0 spiro atoms. The Kier molecular flexibility index (Phi) is 5.19. The van der Waals surface area contributed by atoms with Gasteiger partial charge in [0.2, 0.25) is 0 Å². The molecule has 0 atom stereocenters. The smallest absolute Gasteiger partial charge is 0.281 e. The quantitative estimate of drug-likeness (QED) is 0.908. The largest absolute Gasteiger partial charge is 0.327 e. The minimum atomic E-state index is 0.0749. The van der Waals surface area contributed by atoms with Gasteiger partial charge in [0, 0.05) is 10.9 Å². The summed E-state index contributed by atoms with van der Waals surface area (Å²) in [5.41, 5.74) is 2.00. The number of nitrogens with one attached hydrogen (secondary N) is 2. The number of hydrogen-bond donors (Lipinski definition) is 2. The zero-order valence-electron chi connectivity index (χ0n) is 12.7. The summed E-state index contributed by atoms with van der Waals surface area (Å²) in [5, 5.41) is 5.63. The fourth-order valence-corrected chi connectivity index (χ4v) is 3.60. The molecule has 0 bridgehead atoms. The number of aromatic nitrogens is 1. The van der Waals surface area contributed by atoms with Crippen LogP contribution in [0.1, 0.15) is 25.7 Å². The highest BCUT2D eigenvalue weighted by molar-refractivity contribution is 7.14. The number of nitrogens with zero attached hydrogens (tertiary/aromatic N) is 1. The molecule has 2 heterocycles. The average Bonchev–Trinajstić information content (AvgIpc) is 2.84. The topological polar surface area (TPSA) is 46.4 Å². The van der Waals surface area contributed by atoms with Gasteiger partial charge in [-0.2, -0.15) is 0 Å². The Hall–Kier alpha value is -1.72. The van der Waals surface area contributed by atoms with E-state index in [9.17, 15) is 4.79 Å². The van der Waals surface area contributed by atoms with Gasteiger partial charge in [-0.05, 0) is 25.7 Å². The van der Waals surface area contributed by atoms with Gasteiger partial charge in [0.05, 0.1) is 18.8 Å². The SMILES string of the molecule is O=C(C[NH+]1CCCCCC1)Nc1nc(-c2ccccc2)cs1. The number of anilines is 1. The lowest BCUT2D eigenvalue weighted by Crippen LogP contribution is -3.12. The molecule has 1 aliphatic rings. The second-order valence-corrected chi connectivity index (χ2v) is 6.65. The highest BCUT2D eigenvalue weighted by Crippen LogP contribution is 2.24. The number of likely N-dealkylation sites (tertiary alicyclic amines) is 1. The molecule has 0 unspecified atom stereocenters. The molecule has 1 aromatic carbocycles. The van der Waals surface area contributed by atoms with Crippen LogP contribution in [0.4, 0.5) is 5.13 Å². The molecule has 1 amide bonds. The van der Waals surface area contributed by atoms with Crippen LogP contribution in [-0.2, 0) is 4.79 Å². The van der Waals surface area contributed by atoms with Crippen molar-refractivity contribution in [3.8, 4) is 11.3 Å². The number of carbonyl (C=O) groups excluding carboxylic acids is 1. The highest BCUT2D eigenvalue weighted by Gasteiger charge is 2.17. The molecule has 2 aromatic rings. The van der Waals surface area contributed by atoms with E-state index < -0.39 is 0 Å². The molecule has 1 fully saturated rings. The van der Waals surface area contributed by atoms with Gasteiger partial charge in [0.15, 0.2) is 11.7 Å². The molecule has 0 aliphatic carbocycles. The molecule has 1 aliphatic heterocycles. The van der Waals surface area contributed by atoms with Gasteiger partial charge >= 0.3 is 0 Å². The number of hydrogen-bond acceptors (Lipinski definition) is 3. The van der Waals surface area contributed by atoms with E-state index in [2.05, 4.69) is 10.3 Å². The van der Waals surface area contributed by atoms with Crippen LogP contribution in [0.3, 0.4) is 0 Å². The number of carbonyl (C=O) groups is 1. The van der Waals surface area contributed by atoms with Crippen LogP contribution >= 0.6 is 11.3 Å². The molecule has 1 aromatic heterocycles. The molecule has 22 heavy (non-hydrogen) atoms. The minimum absolute atomic E-state index is 0.0749. The van der Waals surface area contributed by atoms with Gasteiger partial charge in [0.1, 0.15) is 0 Å². The van der Waals surface area contributed by atoms with E-state index in [-0.39, 0.29) is 5.91 Å². The lowest BCUT2D eigenvalue weighted by atomic mass is 10.2. The van der Waals surface area contributed by atoms with Crippen molar-refractivity contribution in [3.63, 3.8) is 0 Å². The summed E-state index contributed by atoms with van der Waals surface area (Å²) in [6.07, 6.45) is 5.08. The first kappa shape index (κ1) is 15.2. The van der Waals surface area contributed by atoms with Crippen molar-refractivity contribution in [2.75, 3.05) is 25.0 Å². The van der Waals surface area contributed by atoms with Crippen molar-refractivity contribution < 1.29 is 9.69 Å². The zero-order valence-corrected chi connectivity index (χ0v) is 13.5. The number of thiazole rings is 1. The fraction of sp³-hybridized carbons (Fsp3) is 0.412. The summed E-state index contributed by atoms with van der Waals surface area (Å²) in [6, 6.07) is 10.0. The van der Waals surface area contributed by atoms with E-state index in [1.165, 1.54) is 41.9 Å².